The summed E-state index contributed by atoms with van der Waals surface area (Å²) in [6.45, 7) is 1.11. The van der Waals surface area contributed by atoms with Gasteiger partial charge in [-0.15, -0.1) is 0 Å². The Morgan fingerprint density at radius 1 is 1.28 bits per heavy atom. The zero-order chi connectivity index (χ0) is 12.5. The Bertz CT molecular complexity index is 521. The first kappa shape index (κ1) is 11.0. The van der Waals surface area contributed by atoms with Gasteiger partial charge in [0, 0.05) is 18.2 Å². The molecule has 1 saturated heterocycles. The van der Waals surface area contributed by atoms with Gasteiger partial charge in [0.1, 0.15) is 6.10 Å². The monoisotopic (exact) mass is 243 g/mol. The summed E-state index contributed by atoms with van der Waals surface area (Å²) in [6.07, 6.45) is 2.03. The Morgan fingerprint density at radius 3 is 2.83 bits per heavy atom. The highest BCUT2D eigenvalue weighted by molar-refractivity contribution is 5.94. The van der Waals surface area contributed by atoms with Crippen molar-refractivity contribution in [2.75, 3.05) is 13.1 Å². The third kappa shape index (κ3) is 1.90. The van der Waals surface area contributed by atoms with E-state index in [2.05, 4.69) is 0 Å². The van der Waals surface area contributed by atoms with Gasteiger partial charge >= 0.3 is 5.97 Å². The highest BCUT2D eigenvalue weighted by Crippen LogP contribution is 2.25. The summed E-state index contributed by atoms with van der Waals surface area (Å²) in [6, 6.07) is 9.17. The Labute approximate surface area is 105 Å². The number of hydrogen-bond acceptors (Lipinski definition) is 3. The van der Waals surface area contributed by atoms with Gasteiger partial charge in [-0.2, -0.15) is 0 Å². The van der Waals surface area contributed by atoms with Crippen LogP contribution in [-0.2, 0) is 9.53 Å². The fraction of sp³-hybridized carbons (Fsp3) is 0.286. The molecule has 1 fully saturated rings. The van der Waals surface area contributed by atoms with Crippen LogP contribution < -0.4 is 0 Å². The fourth-order valence-electron chi connectivity index (χ4n) is 2.39. The van der Waals surface area contributed by atoms with Crippen molar-refractivity contribution in [2.24, 2.45) is 0 Å². The van der Waals surface area contributed by atoms with E-state index in [1.807, 2.05) is 18.2 Å². The van der Waals surface area contributed by atoms with Crippen molar-refractivity contribution >= 4 is 11.9 Å². The van der Waals surface area contributed by atoms with Crippen LogP contribution in [-0.4, -0.2) is 36.0 Å². The summed E-state index contributed by atoms with van der Waals surface area (Å²) < 4.78 is 5.16. The molecule has 92 valence electrons. The summed E-state index contributed by atoms with van der Waals surface area (Å²) in [4.78, 5) is 25.1. The summed E-state index contributed by atoms with van der Waals surface area (Å²) in [5.74, 6) is -0.290. The van der Waals surface area contributed by atoms with Gasteiger partial charge in [-0.05, 0) is 24.1 Å². The molecule has 2 aliphatic heterocycles. The standard InChI is InChI=1S/C14H13NO3/c16-13-8-11-6-7-15(9-12(11)18-13)14(17)10-4-2-1-3-5-10/h1-5,8,12H,6-7,9H2. The number of esters is 1. The molecule has 1 amide bonds. The Kier molecular flexibility index (Phi) is 2.63. The number of rotatable bonds is 1. The zero-order valence-electron chi connectivity index (χ0n) is 9.83. The number of benzene rings is 1. The van der Waals surface area contributed by atoms with Crippen molar-refractivity contribution in [1.82, 2.24) is 4.90 Å². The van der Waals surface area contributed by atoms with Crippen LogP contribution in [0.3, 0.4) is 0 Å². The van der Waals surface area contributed by atoms with E-state index in [9.17, 15) is 9.59 Å². The van der Waals surface area contributed by atoms with Crippen LogP contribution >= 0.6 is 0 Å². The lowest BCUT2D eigenvalue weighted by atomic mass is 10.0. The van der Waals surface area contributed by atoms with Crippen LogP contribution in [0.15, 0.2) is 42.0 Å². The molecule has 0 radical (unpaired) electrons. The smallest absolute Gasteiger partial charge is 0.331 e. The molecule has 0 saturated carbocycles. The Morgan fingerprint density at radius 2 is 2.06 bits per heavy atom. The highest BCUT2D eigenvalue weighted by atomic mass is 16.5. The van der Waals surface area contributed by atoms with Crippen molar-refractivity contribution < 1.29 is 14.3 Å². The second-order valence-electron chi connectivity index (χ2n) is 4.51. The van der Waals surface area contributed by atoms with Crippen LogP contribution in [0.5, 0.6) is 0 Å². The van der Waals surface area contributed by atoms with E-state index in [0.717, 1.165) is 12.0 Å². The van der Waals surface area contributed by atoms with Gasteiger partial charge in [0.25, 0.3) is 5.91 Å². The molecule has 0 aromatic heterocycles. The van der Waals surface area contributed by atoms with Gasteiger partial charge in [-0.3, -0.25) is 4.79 Å². The molecule has 1 unspecified atom stereocenters. The zero-order valence-corrected chi connectivity index (χ0v) is 9.83. The lowest BCUT2D eigenvalue weighted by Crippen LogP contribution is -2.43. The molecule has 1 aromatic rings. The summed E-state index contributed by atoms with van der Waals surface area (Å²) >= 11 is 0. The summed E-state index contributed by atoms with van der Waals surface area (Å²) in [5, 5.41) is 0. The lowest BCUT2D eigenvalue weighted by molar-refractivity contribution is -0.139. The van der Waals surface area contributed by atoms with Crippen LogP contribution in [0, 0.1) is 0 Å². The van der Waals surface area contributed by atoms with Crippen molar-refractivity contribution in [1.29, 1.82) is 0 Å². The minimum atomic E-state index is -0.288. The van der Waals surface area contributed by atoms with E-state index in [-0.39, 0.29) is 18.0 Å². The molecule has 18 heavy (non-hydrogen) atoms. The van der Waals surface area contributed by atoms with Crippen molar-refractivity contribution in [3.63, 3.8) is 0 Å². The molecule has 4 nitrogen and oxygen atoms in total. The number of carbonyl (C=O) groups excluding carboxylic acids is 2. The number of nitrogens with zero attached hydrogens (tertiary/aromatic N) is 1. The first-order valence-electron chi connectivity index (χ1n) is 5.99. The number of amides is 1. The number of fused-ring (bicyclic) bond motifs is 1. The van der Waals surface area contributed by atoms with Crippen LogP contribution in [0.1, 0.15) is 16.8 Å². The molecule has 0 aliphatic carbocycles. The Hall–Kier alpha value is -2.10. The second kappa shape index (κ2) is 4.29. The summed E-state index contributed by atoms with van der Waals surface area (Å²) in [5.41, 5.74) is 1.69. The van der Waals surface area contributed by atoms with E-state index in [4.69, 9.17) is 4.74 Å². The minimum Gasteiger partial charge on any atom is -0.453 e. The van der Waals surface area contributed by atoms with Crippen LogP contribution in [0.4, 0.5) is 0 Å². The number of piperidine rings is 1. The number of likely N-dealkylation sites (tertiary alicyclic amines) is 1. The van der Waals surface area contributed by atoms with E-state index in [1.165, 1.54) is 0 Å². The maximum Gasteiger partial charge on any atom is 0.331 e. The first-order chi connectivity index (χ1) is 8.74. The van der Waals surface area contributed by atoms with Gasteiger partial charge in [0.2, 0.25) is 0 Å². The molecular weight excluding hydrogens is 230 g/mol. The van der Waals surface area contributed by atoms with E-state index in [1.54, 1.807) is 23.1 Å². The highest BCUT2D eigenvalue weighted by Gasteiger charge is 2.33. The number of carbonyl (C=O) groups is 2. The third-order valence-corrected chi connectivity index (χ3v) is 3.34. The minimum absolute atomic E-state index is 0.00222. The average molecular weight is 243 g/mol. The summed E-state index contributed by atoms with van der Waals surface area (Å²) in [7, 11) is 0. The van der Waals surface area contributed by atoms with Crippen molar-refractivity contribution in [3.05, 3.63) is 47.5 Å². The molecule has 1 aromatic carbocycles. The molecule has 0 N–H and O–H groups in total. The van der Waals surface area contributed by atoms with Gasteiger partial charge in [-0.1, -0.05) is 18.2 Å². The van der Waals surface area contributed by atoms with Gasteiger partial charge < -0.3 is 9.64 Å². The first-order valence-corrected chi connectivity index (χ1v) is 5.99. The molecule has 2 heterocycles. The molecular formula is C14H13NO3. The second-order valence-corrected chi connectivity index (χ2v) is 4.51. The average Bonchev–Trinajstić information content (AvgIpc) is 2.78. The lowest BCUT2D eigenvalue weighted by Gasteiger charge is -2.31. The molecule has 1 atom stereocenters. The van der Waals surface area contributed by atoms with Crippen molar-refractivity contribution in [3.8, 4) is 0 Å². The van der Waals surface area contributed by atoms with E-state index in [0.29, 0.717) is 18.7 Å². The van der Waals surface area contributed by atoms with Crippen LogP contribution in [0.25, 0.3) is 0 Å². The van der Waals surface area contributed by atoms with Gasteiger partial charge in [0.15, 0.2) is 0 Å². The van der Waals surface area contributed by atoms with Crippen LogP contribution in [0.2, 0.25) is 0 Å². The predicted octanol–water partition coefficient (Wildman–Crippen LogP) is 1.38. The molecule has 4 heteroatoms. The van der Waals surface area contributed by atoms with Gasteiger partial charge in [0.05, 0.1) is 6.54 Å². The quantitative estimate of drug-likeness (QED) is 0.700. The van der Waals surface area contributed by atoms with E-state index < -0.39 is 0 Å². The maximum absolute atomic E-state index is 12.2. The fourth-order valence-corrected chi connectivity index (χ4v) is 2.39. The van der Waals surface area contributed by atoms with Crippen molar-refractivity contribution in [2.45, 2.75) is 12.5 Å². The maximum atomic E-state index is 12.2. The van der Waals surface area contributed by atoms with E-state index >= 15 is 0 Å². The molecule has 0 spiro atoms. The SMILES string of the molecule is O=C1C=C2CCN(C(=O)c3ccccc3)CC2O1. The molecule has 3 rings (SSSR count). The predicted molar refractivity (Wildman–Crippen MR) is 64.9 cm³/mol. The largest absolute Gasteiger partial charge is 0.453 e. The number of ether oxygens (including phenoxy) is 1. The molecule has 2 aliphatic rings. The van der Waals surface area contributed by atoms with Gasteiger partial charge in [-0.25, -0.2) is 4.79 Å². The normalized spacial score (nSPS) is 22.2. The third-order valence-electron chi connectivity index (χ3n) is 3.34. The molecule has 0 bridgehead atoms. The Balaban J connectivity index is 1.74. The number of hydrogen-bond donors (Lipinski definition) is 0. The topological polar surface area (TPSA) is 46.6 Å².